The zero-order chi connectivity index (χ0) is 22.2. The summed E-state index contributed by atoms with van der Waals surface area (Å²) in [6.07, 6.45) is 5.19. The number of rotatable bonds is 5. The molecule has 0 radical (unpaired) electrons. The summed E-state index contributed by atoms with van der Waals surface area (Å²) >= 11 is 5.85. The van der Waals surface area contributed by atoms with Crippen LogP contribution >= 0.6 is 12.2 Å². The van der Waals surface area contributed by atoms with Gasteiger partial charge in [0, 0.05) is 23.1 Å². The van der Waals surface area contributed by atoms with Gasteiger partial charge in [0.15, 0.2) is 5.11 Å². The molecule has 4 heterocycles. The van der Waals surface area contributed by atoms with Gasteiger partial charge in [0.1, 0.15) is 18.4 Å². The number of pyridine rings is 1. The molecule has 0 amide bonds. The number of para-hydroxylation sites is 2. The third-order valence-corrected chi connectivity index (χ3v) is 6.15. The van der Waals surface area contributed by atoms with Crippen LogP contribution in [-0.4, -0.2) is 36.8 Å². The Kier molecular flexibility index (Phi) is 5.10. The number of aromatic nitrogens is 5. The number of anilines is 1. The van der Waals surface area contributed by atoms with Crippen LogP contribution in [0.1, 0.15) is 34.7 Å². The van der Waals surface area contributed by atoms with Crippen LogP contribution in [0, 0.1) is 13.8 Å². The highest BCUT2D eigenvalue weighted by Gasteiger charge is 2.43. The van der Waals surface area contributed by atoms with Crippen molar-refractivity contribution in [3.05, 3.63) is 90.0 Å². The molecule has 0 unspecified atom stereocenters. The van der Waals surface area contributed by atoms with Crippen molar-refractivity contribution >= 4 is 23.0 Å². The molecule has 9 heteroatoms. The van der Waals surface area contributed by atoms with Crippen molar-refractivity contribution in [3.63, 3.8) is 0 Å². The van der Waals surface area contributed by atoms with Crippen LogP contribution in [0.25, 0.3) is 0 Å². The quantitative estimate of drug-likeness (QED) is 0.471. The summed E-state index contributed by atoms with van der Waals surface area (Å²) in [6.45, 7) is 4.17. The maximum absolute atomic E-state index is 5.85. The van der Waals surface area contributed by atoms with Crippen molar-refractivity contribution in [1.29, 1.82) is 0 Å². The number of nitrogens with zero attached hydrogens (tertiary/aromatic N) is 6. The number of aryl methyl sites for hydroxylation is 1. The second kappa shape index (κ2) is 8.08. The van der Waals surface area contributed by atoms with Crippen molar-refractivity contribution in [2.75, 3.05) is 12.0 Å². The Morgan fingerprint density at radius 2 is 1.78 bits per heavy atom. The summed E-state index contributed by atoms with van der Waals surface area (Å²) in [7, 11) is 1.68. The molecular formula is C23H23N7OS. The first kappa shape index (κ1) is 20.2. The first-order chi connectivity index (χ1) is 15.6. The van der Waals surface area contributed by atoms with Crippen molar-refractivity contribution in [2.45, 2.75) is 25.9 Å². The van der Waals surface area contributed by atoms with Gasteiger partial charge >= 0.3 is 0 Å². The van der Waals surface area contributed by atoms with Crippen LogP contribution in [0.15, 0.2) is 67.4 Å². The molecule has 1 aromatic carbocycles. The Bertz CT molecular complexity index is 1250. The van der Waals surface area contributed by atoms with Gasteiger partial charge in [-0.1, -0.05) is 18.2 Å². The van der Waals surface area contributed by atoms with E-state index in [2.05, 4.69) is 50.0 Å². The molecule has 1 aliphatic rings. The van der Waals surface area contributed by atoms with Crippen LogP contribution in [0.5, 0.6) is 5.75 Å². The van der Waals surface area contributed by atoms with E-state index in [1.54, 1.807) is 19.8 Å². The molecule has 0 spiro atoms. The third-order valence-electron chi connectivity index (χ3n) is 5.83. The number of thiocarbonyl (C=S) groups is 1. The first-order valence-corrected chi connectivity index (χ1v) is 10.7. The van der Waals surface area contributed by atoms with Crippen molar-refractivity contribution < 1.29 is 4.74 Å². The van der Waals surface area contributed by atoms with E-state index in [9.17, 15) is 0 Å². The Hall–Kier alpha value is -3.72. The molecule has 8 nitrogen and oxygen atoms in total. The van der Waals surface area contributed by atoms with Crippen LogP contribution < -0.4 is 15.0 Å². The molecule has 5 rings (SSSR count). The van der Waals surface area contributed by atoms with Crippen molar-refractivity contribution in [1.82, 2.24) is 29.9 Å². The molecule has 32 heavy (non-hydrogen) atoms. The minimum Gasteiger partial charge on any atom is -0.495 e. The highest BCUT2D eigenvalue weighted by molar-refractivity contribution is 7.80. The zero-order valence-electron chi connectivity index (χ0n) is 18.0. The molecule has 4 aromatic rings. The second-order valence-corrected chi connectivity index (χ2v) is 8.04. The maximum atomic E-state index is 5.85. The second-order valence-electron chi connectivity index (χ2n) is 7.65. The van der Waals surface area contributed by atoms with Gasteiger partial charge in [0.2, 0.25) is 0 Å². The van der Waals surface area contributed by atoms with Gasteiger partial charge in [0.05, 0.1) is 30.6 Å². The van der Waals surface area contributed by atoms with E-state index in [4.69, 9.17) is 17.0 Å². The molecule has 1 aliphatic heterocycles. The SMILES string of the molecule is COc1ccccc1N1C(=S)N[C@H](c2ccccn2)[C@H]1c1cc(C)n(-n2cnnc2)c1C. The van der Waals surface area contributed by atoms with Gasteiger partial charge in [-0.15, -0.1) is 10.2 Å². The number of nitrogens with one attached hydrogen (secondary N) is 1. The van der Waals surface area contributed by atoms with Gasteiger partial charge in [-0.25, -0.2) is 4.68 Å². The van der Waals surface area contributed by atoms with E-state index in [-0.39, 0.29) is 12.1 Å². The van der Waals surface area contributed by atoms with Gasteiger partial charge in [-0.3, -0.25) is 9.66 Å². The van der Waals surface area contributed by atoms with Crippen LogP contribution in [0.2, 0.25) is 0 Å². The van der Waals surface area contributed by atoms with Gasteiger partial charge in [-0.05, 0) is 56.4 Å². The monoisotopic (exact) mass is 445 g/mol. The fourth-order valence-electron chi connectivity index (χ4n) is 4.49. The molecule has 1 N–H and O–H groups in total. The lowest BCUT2D eigenvalue weighted by Crippen LogP contribution is -2.30. The number of benzene rings is 1. The lowest BCUT2D eigenvalue weighted by molar-refractivity contribution is 0.414. The summed E-state index contributed by atoms with van der Waals surface area (Å²) in [5.41, 5.74) is 5.09. The molecule has 0 saturated carbocycles. The Balaban J connectivity index is 1.71. The predicted octanol–water partition coefficient (Wildman–Crippen LogP) is 3.59. The minimum atomic E-state index is -0.136. The van der Waals surface area contributed by atoms with Crippen LogP contribution in [-0.2, 0) is 0 Å². The Morgan fingerprint density at radius 3 is 2.50 bits per heavy atom. The summed E-state index contributed by atoms with van der Waals surface area (Å²) in [6, 6.07) is 15.8. The molecule has 0 aliphatic carbocycles. The Labute approximate surface area is 191 Å². The number of methoxy groups -OCH3 is 1. The van der Waals surface area contributed by atoms with E-state index in [1.807, 2.05) is 53.3 Å². The van der Waals surface area contributed by atoms with Crippen molar-refractivity contribution in [2.24, 2.45) is 0 Å². The minimum absolute atomic E-state index is 0.134. The molecule has 0 bridgehead atoms. The normalized spacial score (nSPS) is 18.1. The number of ether oxygens (including phenoxy) is 1. The molecule has 3 aromatic heterocycles. The lowest BCUT2D eigenvalue weighted by Gasteiger charge is -2.29. The summed E-state index contributed by atoms with van der Waals surface area (Å²) in [5, 5.41) is 12.1. The van der Waals surface area contributed by atoms with E-state index >= 15 is 0 Å². The first-order valence-electron chi connectivity index (χ1n) is 10.3. The van der Waals surface area contributed by atoms with Crippen LogP contribution in [0.3, 0.4) is 0 Å². The zero-order valence-corrected chi connectivity index (χ0v) is 18.8. The summed E-state index contributed by atoms with van der Waals surface area (Å²) in [4.78, 5) is 6.77. The maximum Gasteiger partial charge on any atom is 0.174 e. The van der Waals surface area contributed by atoms with E-state index < -0.39 is 0 Å². The van der Waals surface area contributed by atoms with Crippen molar-refractivity contribution in [3.8, 4) is 5.75 Å². The molecule has 2 atom stereocenters. The topological polar surface area (TPSA) is 73.0 Å². The van der Waals surface area contributed by atoms with Crippen LogP contribution in [0.4, 0.5) is 5.69 Å². The largest absolute Gasteiger partial charge is 0.495 e. The molecular weight excluding hydrogens is 422 g/mol. The highest BCUT2D eigenvalue weighted by Crippen LogP contribution is 2.45. The van der Waals surface area contributed by atoms with E-state index in [1.165, 1.54) is 0 Å². The fraction of sp³-hybridized carbons (Fsp3) is 0.217. The van der Waals surface area contributed by atoms with Gasteiger partial charge < -0.3 is 15.0 Å². The fourth-order valence-corrected chi connectivity index (χ4v) is 4.83. The lowest BCUT2D eigenvalue weighted by atomic mass is 9.96. The van der Waals surface area contributed by atoms with Gasteiger partial charge in [-0.2, -0.15) is 0 Å². The van der Waals surface area contributed by atoms with E-state index in [0.717, 1.165) is 34.1 Å². The molecule has 162 valence electrons. The average molecular weight is 446 g/mol. The number of hydrogen-bond donors (Lipinski definition) is 1. The smallest absolute Gasteiger partial charge is 0.174 e. The number of hydrogen-bond acceptors (Lipinski definition) is 5. The molecule has 1 saturated heterocycles. The standard InChI is InChI=1S/C23H23N7OS/c1-15-12-17(16(2)30(15)28-13-25-26-14-28)22-21(18-8-6-7-11-24-18)27-23(32)29(22)19-9-4-5-10-20(19)31-3/h4-14,21-22H,1-3H3,(H,27,32)/t21-,22-/m1/s1. The summed E-state index contributed by atoms with van der Waals surface area (Å²) in [5.74, 6) is 0.760. The molecule has 1 fully saturated rings. The predicted molar refractivity (Wildman–Crippen MR) is 126 cm³/mol. The third kappa shape index (κ3) is 3.21. The Morgan fingerprint density at radius 1 is 1.03 bits per heavy atom. The van der Waals surface area contributed by atoms with Gasteiger partial charge in [0.25, 0.3) is 0 Å². The summed E-state index contributed by atoms with van der Waals surface area (Å²) < 4.78 is 9.64. The average Bonchev–Trinajstić information content (AvgIpc) is 3.52. The highest BCUT2D eigenvalue weighted by atomic mass is 32.1. The van der Waals surface area contributed by atoms with E-state index in [0.29, 0.717) is 5.11 Å².